The molecule has 21 heavy (non-hydrogen) atoms. The van der Waals surface area contributed by atoms with Gasteiger partial charge in [-0.05, 0) is 64.5 Å². The molecule has 1 aromatic heterocycles. The van der Waals surface area contributed by atoms with Crippen LogP contribution in [0.2, 0.25) is 0 Å². The minimum absolute atomic E-state index is 0.311. The number of benzene rings is 1. The fourth-order valence-electron chi connectivity index (χ4n) is 2.93. The third-order valence-corrected chi connectivity index (χ3v) is 5.74. The molecule has 0 saturated heterocycles. The van der Waals surface area contributed by atoms with E-state index in [1.54, 1.807) is 10.4 Å². The zero-order chi connectivity index (χ0) is 14.2. The van der Waals surface area contributed by atoms with Crippen LogP contribution in [0.15, 0.2) is 22.7 Å². The van der Waals surface area contributed by atoms with Crippen molar-refractivity contribution in [3.63, 3.8) is 0 Å². The first kappa shape index (κ1) is 13.6. The van der Waals surface area contributed by atoms with Crippen molar-refractivity contribution in [2.45, 2.75) is 32.4 Å². The molecule has 2 heterocycles. The number of fused-ring (bicyclic) bond motifs is 2. The van der Waals surface area contributed by atoms with Crippen molar-refractivity contribution < 1.29 is 9.47 Å². The predicted octanol–water partition coefficient (Wildman–Crippen LogP) is 4.02. The number of nitrogens with one attached hydrogen (secondary N) is 1. The van der Waals surface area contributed by atoms with Crippen LogP contribution in [0.3, 0.4) is 0 Å². The average molecular weight is 366 g/mol. The molecule has 0 saturated carbocycles. The van der Waals surface area contributed by atoms with Crippen LogP contribution in [0.4, 0.5) is 0 Å². The average Bonchev–Trinajstić information content (AvgIpc) is 3.12. The van der Waals surface area contributed by atoms with Crippen molar-refractivity contribution in [1.29, 1.82) is 0 Å². The summed E-state index contributed by atoms with van der Waals surface area (Å²) in [5.41, 5.74) is 2.78. The summed E-state index contributed by atoms with van der Waals surface area (Å²) in [6.07, 6.45) is 3.87. The molecule has 1 N–H and O–H groups in total. The topological polar surface area (TPSA) is 30.5 Å². The molecule has 1 aromatic carbocycles. The van der Waals surface area contributed by atoms with Gasteiger partial charge < -0.3 is 14.8 Å². The first-order valence-corrected chi connectivity index (χ1v) is 8.80. The third kappa shape index (κ3) is 2.70. The van der Waals surface area contributed by atoms with E-state index >= 15 is 0 Å². The number of hydrogen-bond acceptors (Lipinski definition) is 4. The van der Waals surface area contributed by atoms with E-state index in [0.717, 1.165) is 29.1 Å². The number of thiophene rings is 1. The molecule has 0 amide bonds. The van der Waals surface area contributed by atoms with Crippen LogP contribution in [0, 0.1) is 0 Å². The summed E-state index contributed by atoms with van der Waals surface area (Å²) in [7, 11) is 0. The van der Waals surface area contributed by atoms with Crippen LogP contribution in [0.1, 0.15) is 27.3 Å². The zero-order valence-corrected chi connectivity index (χ0v) is 14.0. The highest BCUT2D eigenvalue weighted by Crippen LogP contribution is 2.40. The fourth-order valence-corrected chi connectivity index (χ4v) is 4.76. The van der Waals surface area contributed by atoms with Crippen LogP contribution in [-0.4, -0.2) is 6.79 Å². The van der Waals surface area contributed by atoms with Gasteiger partial charge in [-0.25, -0.2) is 0 Å². The maximum Gasteiger partial charge on any atom is 0.231 e. The second kappa shape index (κ2) is 5.63. The van der Waals surface area contributed by atoms with Crippen molar-refractivity contribution in [3.05, 3.63) is 43.6 Å². The van der Waals surface area contributed by atoms with Gasteiger partial charge in [-0.1, -0.05) is 0 Å². The van der Waals surface area contributed by atoms with Crippen molar-refractivity contribution in [1.82, 2.24) is 5.32 Å². The van der Waals surface area contributed by atoms with Gasteiger partial charge in [0.2, 0.25) is 6.79 Å². The van der Waals surface area contributed by atoms with Crippen molar-refractivity contribution in [2.75, 3.05) is 6.79 Å². The Morgan fingerprint density at radius 3 is 3.00 bits per heavy atom. The van der Waals surface area contributed by atoms with Gasteiger partial charge in [0, 0.05) is 22.8 Å². The van der Waals surface area contributed by atoms with Crippen molar-refractivity contribution in [2.24, 2.45) is 0 Å². The van der Waals surface area contributed by atoms with Crippen LogP contribution < -0.4 is 14.8 Å². The van der Waals surface area contributed by atoms with E-state index in [2.05, 4.69) is 39.4 Å². The highest BCUT2D eigenvalue weighted by atomic mass is 79.9. The minimum atomic E-state index is 0.311. The molecule has 4 rings (SSSR count). The molecule has 0 fully saturated rings. The number of ether oxygens (including phenoxy) is 2. The Balaban J connectivity index is 1.39. The summed E-state index contributed by atoms with van der Waals surface area (Å²) in [5.74, 6) is 1.64. The Bertz CT molecular complexity index is 662. The second-order valence-corrected chi connectivity index (χ2v) is 7.51. The number of aryl methyl sites for hydroxylation is 2. The normalized spacial score (nSPS) is 15.5. The van der Waals surface area contributed by atoms with E-state index in [1.165, 1.54) is 29.7 Å². The number of hydrogen-bond donors (Lipinski definition) is 1. The molecule has 3 nitrogen and oxygen atoms in total. The summed E-state index contributed by atoms with van der Waals surface area (Å²) in [6.45, 7) is 2.08. The quantitative estimate of drug-likeness (QED) is 0.887. The first-order valence-electron chi connectivity index (χ1n) is 7.19. The van der Waals surface area contributed by atoms with E-state index in [4.69, 9.17) is 9.47 Å². The summed E-state index contributed by atoms with van der Waals surface area (Å²) >= 11 is 5.50. The second-order valence-electron chi connectivity index (χ2n) is 5.43. The van der Waals surface area contributed by atoms with Crippen LogP contribution in [-0.2, 0) is 25.9 Å². The Hall–Kier alpha value is -1.04. The Morgan fingerprint density at radius 1 is 1.14 bits per heavy atom. The largest absolute Gasteiger partial charge is 0.454 e. The lowest BCUT2D eigenvalue weighted by Crippen LogP contribution is -2.11. The third-order valence-electron chi connectivity index (χ3n) is 3.91. The maximum atomic E-state index is 5.45. The van der Waals surface area contributed by atoms with E-state index in [9.17, 15) is 0 Å². The summed E-state index contributed by atoms with van der Waals surface area (Å²) in [6, 6.07) is 6.51. The lowest BCUT2D eigenvalue weighted by Gasteiger charge is -2.06. The predicted molar refractivity (Wildman–Crippen MR) is 87.2 cm³/mol. The first-order chi connectivity index (χ1) is 10.3. The van der Waals surface area contributed by atoms with Gasteiger partial charge in [-0.15, -0.1) is 11.3 Å². The molecule has 1 aliphatic carbocycles. The van der Waals surface area contributed by atoms with Gasteiger partial charge in [-0.2, -0.15) is 0 Å². The summed E-state index contributed by atoms with van der Waals surface area (Å²) in [5, 5.41) is 3.52. The number of rotatable bonds is 4. The van der Waals surface area contributed by atoms with E-state index in [-0.39, 0.29) is 0 Å². The standard InChI is InChI=1S/C16H16BrNO2S/c17-13-4-10(5-14-16(13)20-9-19-14)7-18-8-12-6-11-2-1-3-15(11)21-12/h4-6,18H,1-3,7-9H2. The van der Waals surface area contributed by atoms with Gasteiger partial charge in [0.15, 0.2) is 11.5 Å². The molecule has 5 heteroatoms. The molecule has 2 aromatic rings. The smallest absolute Gasteiger partial charge is 0.231 e. The highest BCUT2D eigenvalue weighted by Gasteiger charge is 2.18. The van der Waals surface area contributed by atoms with E-state index < -0.39 is 0 Å². The summed E-state index contributed by atoms with van der Waals surface area (Å²) < 4.78 is 11.8. The van der Waals surface area contributed by atoms with Crippen molar-refractivity contribution in [3.8, 4) is 11.5 Å². The molecule has 0 atom stereocenters. The lowest BCUT2D eigenvalue weighted by atomic mass is 10.2. The maximum absolute atomic E-state index is 5.45. The molecule has 110 valence electrons. The Kier molecular flexibility index (Phi) is 3.65. The minimum Gasteiger partial charge on any atom is -0.454 e. The monoisotopic (exact) mass is 365 g/mol. The highest BCUT2D eigenvalue weighted by molar-refractivity contribution is 9.10. The number of halogens is 1. The molecule has 0 bridgehead atoms. The SMILES string of the molecule is Brc1cc(CNCc2cc3c(s2)CCC3)cc2c1OCO2. The fraction of sp³-hybridized carbons (Fsp3) is 0.375. The summed E-state index contributed by atoms with van der Waals surface area (Å²) in [4.78, 5) is 3.04. The molecular formula is C16H16BrNO2S. The molecule has 0 radical (unpaired) electrons. The van der Waals surface area contributed by atoms with Gasteiger partial charge in [-0.3, -0.25) is 0 Å². The Labute approximate surface area is 136 Å². The van der Waals surface area contributed by atoms with Crippen LogP contribution in [0.5, 0.6) is 11.5 Å². The van der Waals surface area contributed by atoms with Gasteiger partial charge in [0.05, 0.1) is 4.47 Å². The molecule has 2 aliphatic rings. The molecule has 0 spiro atoms. The zero-order valence-electron chi connectivity index (χ0n) is 11.6. The lowest BCUT2D eigenvalue weighted by molar-refractivity contribution is 0.173. The molecule has 0 unspecified atom stereocenters. The van der Waals surface area contributed by atoms with Gasteiger partial charge >= 0.3 is 0 Å². The van der Waals surface area contributed by atoms with Gasteiger partial charge in [0.25, 0.3) is 0 Å². The molecular weight excluding hydrogens is 350 g/mol. The van der Waals surface area contributed by atoms with Gasteiger partial charge in [0.1, 0.15) is 0 Å². The van der Waals surface area contributed by atoms with E-state index in [1.807, 2.05) is 11.3 Å². The molecule has 1 aliphatic heterocycles. The Morgan fingerprint density at radius 2 is 2.10 bits per heavy atom. The van der Waals surface area contributed by atoms with Crippen LogP contribution in [0.25, 0.3) is 0 Å². The van der Waals surface area contributed by atoms with Crippen LogP contribution >= 0.6 is 27.3 Å². The van der Waals surface area contributed by atoms with E-state index in [0.29, 0.717) is 6.79 Å². The van der Waals surface area contributed by atoms with Crippen molar-refractivity contribution >= 4 is 27.3 Å².